The van der Waals surface area contributed by atoms with Crippen molar-refractivity contribution >= 4 is 55.4 Å². The lowest BCUT2D eigenvalue weighted by molar-refractivity contribution is 0.418. The molecule has 2 aliphatic heterocycles. The SMILES string of the molecule is CC1(C)c2ccccc2C2=CC=C(c3c4cc(N5CCCc6ccccc65)ccc4c(-c4cc(-c5ccccc5)cc(-c5ccccc5)c4)c4cc(N5CCCc6ccccc65)ccc34)CC21. The fraction of sp³-hybridized carbons (Fsp3) is 0.169. The van der Waals surface area contributed by atoms with Crippen LogP contribution in [0.3, 0.4) is 0 Å². The number of para-hydroxylation sites is 2. The lowest BCUT2D eigenvalue weighted by Crippen LogP contribution is -2.25. The van der Waals surface area contributed by atoms with Crippen molar-refractivity contribution in [3.63, 3.8) is 0 Å². The van der Waals surface area contributed by atoms with E-state index in [-0.39, 0.29) is 5.41 Å². The molecule has 9 aromatic rings. The second kappa shape index (κ2) is 15.9. The van der Waals surface area contributed by atoms with Crippen LogP contribution in [0.1, 0.15) is 60.9 Å². The number of hydrogen-bond donors (Lipinski definition) is 0. The van der Waals surface area contributed by atoms with Gasteiger partial charge in [0.25, 0.3) is 0 Å². The van der Waals surface area contributed by atoms with E-state index in [2.05, 4.69) is 224 Å². The average molecular weight is 863 g/mol. The van der Waals surface area contributed by atoms with Gasteiger partial charge in [-0.05, 0) is 192 Å². The van der Waals surface area contributed by atoms with Crippen molar-refractivity contribution in [2.24, 2.45) is 5.92 Å². The van der Waals surface area contributed by atoms with Crippen LogP contribution < -0.4 is 9.80 Å². The molecule has 1 atom stereocenters. The van der Waals surface area contributed by atoms with Crippen LogP contribution in [0.2, 0.25) is 0 Å². The Kier molecular flexibility index (Phi) is 9.46. The fourth-order valence-electron chi connectivity index (χ4n) is 12.5. The van der Waals surface area contributed by atoms with Gasteiger partial charge in [0.05, 0.1) is 0 Å². The standard InChI is InChI=1S/C65H54N2/c1-65(2)59-26-12-11-25-53(59)54-32-29-47(40-60(54)65)63-55-33-30-52(67-36-16-24-46-22-10-14-28-62(46)67)42-58(55)64(56-34-31-51(41-57(56)63)66-35-15-23-45-21-9-13-27-61(45)66)50-38-48(43-17-5-3-6-18-43)37-49(39-50)44-19-7-4-8-20-44/h3-14,17-22,25-34,37-39,41-42,60H,15-16,23-24,35-36,40H2,1-2H3. The summed E-state index contributed by atoms with van der Waals surface area (Å²) >= 11 is 0. The zero-order valence-electron chi connectivity index (χ0n) is 38.5. The molecule has 9 aromatic carbocycles. The molecule has 0 fully saturated rings. The largest absolute Gasteiger partial charge is 0.341 e. The van der Waals surface area contributed by atoms with Gasteiger partial charge in [-0.2, -0.15) is 0 Å². The Morgan fingerprint density at radius 3 is 1.55 bits per heavy atom. The molecule has 0 saturated carbocycles. The zero-order valence-corrected chi connectivity index (χ0v) is 38.5. The highest BCUT2D eigenvalue weighted by Crippen LogP contribution is 2.57. The van der Waals surface area contributed by atoms with Gasteiger partial charge in [0.1, 0.15) is 0 Å². The van der Waals surface area contributed by atoms with E-state index in [9.17, 15) is 0 Å². The van der Waals surface area contributed by atoms with E-state index in [4.69, 9.17) is 0 Å². The molecule has 4 aliphatic rings. The number of rotatable bonds is 6. The quantitative estimate of drug-likeness (QED) is 0.154. The Morgan fingerprint density at radius 2 is 0.940 bits per heavy atom. The summed E-state index contributed by atoms with van der Waals surface area (Å²) in [6, 6.07) is 71.3. The Morgan fingerprint density at radius 1 is 0.433 bits per heavy atom. The summed E-state index contributed by atoms with van der Waals surface area (Å²) in [5, 5.41) is 5.23. The van der Waals surface area contributed by atoms with Crippen molar-refractivity contribution in [3.8, 4) is 33.4 Å². The van der Waals surface area contributed by atoms with Gasteiger partial charge in [0.15, 0.2) is 0 Å². The zero-order chi connectivity index (χ0) is 44.6. The highest BCUT2D eigenvalue weighted by molar-refractivity contribution is 6.20. The molecule has 1 unspecified atom stereocenters. The van der Waals surface area contributed by atoms with Crippen LogP contribution in [0.4, 0.5) is 22.7 Å². The molecule has 2 heteroatoms. The van der Waals surface area contributed by atoms with Crippen LogP contribution in [0.15, 0.2) is 200 Å². The van der Waals surface area contributed by atoms with Crippen molar-refractivity contribution in [2.75, 3.05) is 22.9 Å². The molecule has 324 valence electrons. The summed E-state index contributed by atoms with van der Waals surface area (Å²) in [5.74, 6) is 0.381. The average Bonchev–Trinajstić information content (AvgIpc) is 3.62. The number of benzene rings is 9. The van der Waals surface area contributed by atoms with Crippen LogP contribution in [-0.4, -0.2) is 13.1 Å². The third kappa shape index (κ3) is 6.60. The lowest BCUT2D eigenvalue weighted by atomic mass is 9.71. The number of hydrogen-bond acceptors (Lipinski definition) is 2. The summed E-state index contributed by atoms with van der Waals surface area (Å²) in [7, 11) is 0. The van der Waals surface area contributed by atoms with Gasteiger partial charge in [-0.3, -0.25) is 0 Å². The smallest absolute Gasteiger partial charge is 0.0443 e. The second-order valence-electron chi connectivity index (χ2n) is 19.8. The van der Waals surface area contributed by atoms with E-state index >= 15 is 0 Å². The lowest BCUT2D eigenvalue weighted by Gasteiger charge is -2.34. The fourth-order valence-corrected chi connectivity index (χ4v) is 12.5. The van der Waals surface area contributed by atoms with Crippen molar-refractivity contribution < 1.29 is 0 Å². The van der Waals surface area contributed by atoms with E-state index in [1.54, 1.807) is 0 Å². The Bertz CT molecular complexity index is 3420. The topological polar surface area (TPSA) is 6.48 Å². The molecule has 2 aliphatic carbocycles. The molecule has 0 saturated heterocycles. The van der Waals surface area contributed by atoms with Crippen molar-refractivity contribution in [2.45, 2.75) is 51.4 Å². The molecule has 13 rings (SSSR count). The van der Waals surface area contributed by atoms with Crippen LogP contribution in [0.5, 0.6) is 0 Å². The maximum absolute atomic E-state index is 2.58. The third-order valence-electron chi connectivity index (χ3n) is 15.8. The predicted molar refractivity (Wildman–Crippen MR) is 285 cm³/mol. The molecule has 0 amide bonds. The highest BCUT2D eigenvalue weighted by atomic mass is 15.1. The first-order chi connectivity index (χ1) is 33.0. The summed E-state index contributed by atoms with van der Waals surface area (Å²) in [5.41, 5.74) is 22.6. The first kappa shape index (κ1) is 39.9. The van der Waals surface area contributed by atoms with Gasteiger partial charge in [0.2, 0.25) is 0 Å². The summed E-state index contributed by atoms with van der Waals surface area (Å²) < 4.78 is 0. The van der Waals surface area contributed by atoms with Crippen LogP contribution in [0.25, 0.3) is 66.1 Å². The number of aryl methyl sites for hydroxylation is 2. The predicted octanol–water partition coefficient (Wildman–Crippen LogP) is 16.9. The molecule has 0 bridgehead atoms. The van der Waals surface area contributed by atoms with E-state index in [1.165, 1.54) is 117 Å². The molecular formula is C65H54N2. The molecular weight excluding hydrogens is 809 g/mol. The molecule has 0 aromatic heterocycles. The molecule has 0 N–H and O–H groups in total. The molecule has 67 heavy (non-hydrogen) atoms. The third-order valence-corrected chi connectivity index (χ3v) is 15.8. The van der Waals surface area contributed by atoms with Gasteiger partial charge in [-0.15, -0.1) is 0 Å². The maximum Gasteiger partial charge on any atom is 0.0443 e. The minimum absolute atomic E-state index is 0.0106. The number of allylic oxidation sites excluding steroid dienone is 4. The van der Waals surface area contributed by atoms with Gasteiger partial charge >= 0.3 is 0 Å². The van der Waals surface area contributed by atoms with Gasteiger partial charge in [-0.1, -0.05) is 159 Å². The Balaban J connectivity index is 1.12. The summed E-state index contributed by atoms with van der Waals surface area (Å²) in [6.07, 6.45) is 10.4. The maximum atomic E-state index is 2.58. The normalized spacial score (nSPS) is 17.1. The van der Waals surface area contributed by atoms with Gasteiger partial charge in [-0.25, -0.2) is 0 Å². The van der Waals surface area contributed by atoms with E-state index in [0.717, 1.165) is 45.2 Å². The monoisotopic (exact) mass is 862 g/mol. The minimum atomic E-state index is 0.0106. The van der Waals surface area contributed by atoms with Gasteiger partial charge in [0, 0.05) is 35.8 Å². The van der Waals surface area contributed by atoms with Gasteiger partial charge < -0.3 is 9.80 Å². The highest BCUT2D eigenvalue weighted by Gasteiger charge is 2.44. The Hall–Kier alpha value is -7.42. The minimum Gasteiger partial charge on any atom is -0.341 e. The molecule has 0 radical (unpaired) electrons. The number of nitrogens with zero attached hydrogens (tertiary/aromatic N) is 2. The number of fused-ring (bicyclic) bond motifs is 7. The van der Waals surface area contributed by atoms with Crippen molar-refractivity contribution in [1.82, 2.24) is 0 Å². The number of anilines is 4. The first-order valence-electron chi connectivity index (χ1n) is 24.5. The van der Waals surface area contributed by atoms with Crippen molar-refractivity contribution in [3.05, 3.63) is 228 Å². The molecule has 2 nitrogen and oxygen atoms in total. The summed E-state index contributed by atoms with van der Waals surface area (Å²) in [6.45, 7) is 6.94. The van der Waals surface area contributed by atoms with Crippen LogP contribution in [-0.2, 0) is 18.3 Å². The van der Waals surface area contributed by atoms with Crippen molar-refractivity contribution in [1.29, 1.82) is 0 Å². The Labute approximate surface area is 395 Å². The van der Waals surface area contributed by atoms with E-state index < -0.39 is 0 Å². The molecule has 2 heterocycles. The molecule has 0 spiro atoms. The first-order valence-corrected chi connectivity index (χ1v) is 24.5. The van der Waals surface area contributed by atoms with Crippen LogP contribution in [0, 0.1) is 5.92 Å². The summed E-state index contributed by atoms with van der Waals surface area (Å²) in [4.78, 5) is 5.15. The van der Waals surface area contributed by atoms with E-state index in [0.29, 0.717) is 5.92 Å². The second-order valence-corrected chi connectivity index (χ2v) is 19.8. The van der Waals surface area contributed by atoms with E-state index in [1.807, 2.05) is 0 Å². The van der Waals surface area contributed by atoms with Crippen LogP contribution >= 0.6 is 0 Å².